The Morgan fingerprint density at radius 1 is 1.15 bits per heavy atom. The SMILES string of the molecule is CC1CCCN(S(=O)(=O)C(C)c2ccc3c(c2)Nc2ccccc2S3)C1. The van der Waals surface area contributed by atoms with Crippen molar-refractivity contribution < 1.29 is 8.42 Å². The van der Waals surface area contributed by atoms with Crippen LogP contribution < -0.4 is 5.32 Å². The average molecular weight is 389 g/mol. The first kappa shape index (κ1) is 17.9. The first-order chi connectivity index (χ1) is 12.4. The number of rotatable bonds is 3. The van der Waals surface area contributed by atoms with Gasteiger partial charge >= 0.3 is 0 Å². The summed E-state index contributed by atoms with van der Waals surface area (Å²) in [6, 6.07) is 14.2. The predicted molar refractivity (Wildman–Crippen MR) is 108 cm³/mol. The van der Waals surface area contributed by atoms with Gasteiger partial charge in [0.05, 0.1) is 16.6 Å². The van der Waals surface area contributed by atoms with Crippen molar-refractivity contribution in [3.63, 3.8) is 0 Å². The van der Waals surface area contributed by atoms with Gasteiger partial charge in [0.2, 0.25) is 10.0 Å². The molecule has 6 heteroatoms. The molecule has 0 saturated carbocycles. The highest BCUT2D eigenvalue weighted by Crippen LogP contribution is 2.45. The van der Waals surface area contributed by atoms with Crippen LogP contribution in [-0.4, -0.2) is 25.8 Å². The number of hydrogen-bond acceptors (Lipinski definition) is 4. The zero-order valence-corrected chi connectivity index (χ0v) is 16.7. The van der Waals surface area contributed by atoms with E-state index in [4.69, 9.17) is 0 Å². The molecule has 2 aromatic rings. The van der Waals surface area contributed by atoms with Gasteiger partial charge in [-0.15, -0.1) is 0 Å². The number of nitrogens with zero attached hydrogens (tertiary/aromatic N) is 1. The molecule has 0 amide bonds. The smallest absolute Gasteiger partial charge is 0.220 e. The van der Waals surface area contributed by atoms with E-state index in [0.29, 0.717) is 19.0 Å². The number of nitrogens with one attached hydrogen (secondary N) is 1. The van der Waals surface area contributed by atoms with Gasteiger partial charge in [0.1, 0.15) is 0 Å². The number of sulfonamides is 1. The average Bonchev–Trinajstić information content (AvgIpc) is 2.65. The molecular formula is C20H24N2O2S2. The molecule has 2 aliphatic rings. The molecule has 1 fully saturated rings. The Hall–Kier alpha value is -1.50. The van der Waals surface area contributed by atoms with E-state index in [1.807, 2.05) is 36.4 Å². The quantitative estimate of drug-likeness (QED) is 0.685. The van der Waals surface area contributed by atoms with Gasteiger partial charge in [-0.25, -0.2) is 12.7 Å². The minimum Gasteiger partial charge on any atom is -0.354 e. The normalized spacial score (nSPS) is 21.4. The fourth-order valence-electron chi connectivity index (χ4n) is 3.68. The fourth-order valence-corrected chi connectivity index (χ4v) is 6.43. The zero-order valence-electron chi connectivity index (χ0n) is 15.1. The van der Waals surface area contributed by atoms with Crippen LogP contribution in [0.25, 0.3) is 0 Å². The minimum absolute atomic E-state index is 0.434. The number of piperidine rings is 1. The van der Waals surface area contributed by atoms with Crippen LogP contribution in [0.3, 0.4) is 0 Å². The molecule has 4 nitrogen and oxygen atoms in total. The Morgan fingerprint density at radius 3 is 2.73 bits per heavy atom. The highest BCUT2D eigenvalue weighted by molar-refractivity contribution is 7.99. The van der Waals surface area contributed by atoms with Crippen molar-refractivity contribution in [2.24, 2.45) is 5.92 Å². The van der Waals surface area contributed by atoms with E-state index in [9.17, 15) is 8.42 Å². The van der Waals surface area contributed by atoms with Gasteiger partial charge in [0.25, 0.3) is 0 Å². The van der Waals surface area contributed by atoms with E-state index in [2.05, 4.69) is 18.3 Å². The molecule has 0 radical (unpaired) electrons. The Kier molecular flexibility index (Phi) is 4.75. The summed E-state index contributed by atoms with van der Waals surface area (Å²) in [7, 11) is -3.34. The molecule has 1 saturated heterocycles. The number of para-hydroxylation sites is 1. The van der Waals surface area contributed by atoms with Crippen molar-refractivity contribution in [3.8, 4) is 0 Å². The van der Waals surface area contributed by atoms with E-state index < -0.39 is 15.3 Å². The number of hydrogen-bond donors (Lipinski definition) is 1. The summed E-state index contributed by atoms with van der Waals surface area (Å²) in [5.41, 5.74) is 2.90. The highest BCUT2D eigenvalue weighted by atomic mass is 32.2. The van der Waals surface area contributed by atoms with E-state index in [0.717, 1.165) is 34.7 Å². The lowest BCUT2D eigenvalue weighted by Gasteiger charge is -2.32. The third-order valence-corrected chi connectivity index (χ3v) is 8.64. The van der Waals surface area contributed by atoms with Gasteiger partial charge in [0.15, 0.2) is 0 Å². The maximum atomic E-state index is 13.1. The lowest BCUT2D eigenvalue weighted by atomic mass is 10.0. The van der Waals surface area contributed by atoms with Gasteiger partial charge in [-0.05, 0) is 55.5 Å². The van der Waals surface area contributed by atoms with E-state index in [1.54, 1.807) is 23.0 Å². The number of anilines is 2. The summed E-state index contributed by atoms with van der Waals surface area (Å²) in [6.45, 7) is 5.21. The topological polar surface area (TPSA) is 49.4 Å². The Labute approximate surface area is 160 Å². The molecule has 26 heavy (non-hydrogen) atoms. The third-order valence-electron chi connectivity index (χ3n) is 5.28. The van der Waals surface area contributed by atoms with Crippen LogP contribution in [0.2, 0.25) is 0 Å². The van der Waals surface area contributed by atoms with Crippen molar-refractivity contribution in [3.05, 3.63) is 48.0 Å². The van der Waals surface area contributed by atoms with Crippen LogP contribution in [0.5, 0.6) is 0 Å². The molecule has 2 aromatic carbocycles. The lowest BCUT2D eigenvalue weighted by Crippen LogP contribution is -2.40. The molecule has 2 atom stereocenters. The summed E-state index contributed by atoms with van der Waals surface area (Å²) in [6.07, 6.45) is 2.06. The Balaban J connectivity index is 1.61. The van der Waals surface area contributed by atoms with Crippen molar-refractivity contribution in [1.29, 1.82) is 0 Å². The molecule has 2 unspecified atom stereocenters. The first-order valence-corrected chi connectivity index (χ1v) is 11.4. The summed E-state index contributed by atoms with van der Waals surface area (Å²) >= 11 is 1.72. The van der Waals surface area contributed by atoms with Crippen LogP contribution in [0.15, 0.2) is 52.3 Å². The third kappa shape index (κ3) is 3.26. The van der Waals surface area contributed by atoms with Crippen molar-refractivity contribution in [1.82, 2.24) is 4.31 Å². The van der Waals surface area contributed by atoms with Crippen LogP contribution >= 0.6 is 11.8 Å². The number of fused-ring (bicyclic) bond motifs is 2. The van der Waals surface area contributed by atoms with Crippen molar-refractivity contribution in [2.45, 2.75) is 41.7 Å². The van der Waals surface area contributed by atoms with Gasteiger partial charge in [-0.1, -0.05) is 36.9 Å². The van der Waals surface area contributed by atoms with Crippen LogP contribution in [0.1, 0.15) is 37.5 Å². The molecule has 138 valence electrons. The van der Waals surface area contributed by atoms with Crippen molar-refractivity contribution >= 4 is 33.2 Å². The second-order valence-electron chi connectivity index (χ2n) is 7.27. The summed E-state index contributed by atoms with van der Waals surface area (Å²) in [4.78, 5) is 2.32. The van der Waals surface area contributed by atoms with Crippen LogP contribution in [0, 0.1) is 5.92 Å². The highest BCUT2D eigenvalue weighted by Gasteiger charge is 2.33. The first-order valence-electron chi connectivity index (χ1n) is 9.12. The lowest BCUT2D eigenvalue weighted by molar-refractivity contribution is 0.279. The maximum absolute atomic E-state index is 13.1. The Morgan fingerprint density at radius 2 is 1.92 bits per heavy atom. The van der Waals surface area contributed by atoms with Gasteiger partial charge in [-0.3, -0.25) is 0 Å². The predicted octanol–water partition coefficient (Wildman–Crippen LogP) is 5.02. The molecular weight excluding hydrogens is 364 g/mol. The van der Waals surface area contributed by atoms with Crippen molar-refractivity contribution in [2.75, 3.05) is 18.4 Å². The molecule has 2 heterocycles. The molecule has 2 aliphatic heterocycles. The van der Waals surface area contributed by atoms with E-state index >= 15 is 0 Å². The molecule has 0 aliphatic carbocycles. The molecule has 0 aromatic heterocycles. The van der Waals surface area contributed by atoms with Gasteiger partial charge in [0, 0.05) is 22.9 Å². The minimum atomic E-state index is -3.34. The van der Waals surface area contributed by atoms with Gasteiger partial charge < -0.3 is 5.32 Å². The van der Waals surface area contributed by atoms with E-state index in [1.165, 1.54) is 4.90 Å². The monoisotopic (exact) mass is 388 g/mol. The summed E-state index contributed by atoms with van der Waals surface area (Å²) < 4.78 is 27.9. The number of benzene rings is 2. The van der Waals surface area contributed by atoms with Crippen LogP contribution in [0.4, 0.5) is 11.4 Å². The van der Waals surface area contributed by atoms with Gasteiger partial charge in [-0.2, -0.15) is 0 Å². The van der Waals surface area contributed by atoms with E-state index in [-0.39, 0.29) is 0 Å². The molecule has 4 rings (SSSR count). The maximum Gasteiger partial charge on any atom is 0.220 e. The zero-order chi connectivity index (χ0) is 18.3. The standard InChI is InChI=1S/C20H24N2O2S2/c1-14-6-5-11-22(13-14)26(23,24)15(2)16-9-10-20-18(12-16)21-17-7-3-4-8-19(17)25-20/h3-4,7-10,12,14-15,21H,5-6,11,13H2,1-2H3. The molecule has 0 spiro atoms. The summed E-state index contributed by atoms with van der Waals surface area (Å²) in [5, 5.41) is 2.90. The molecule has 1 N–H and O–H groups in total. The van der Waals surface area contributed by atoms with Crippen LogP contribution in [-0.2, 0) is 10.0 Å². The second kappa shape index (κ2) is 6.91. The largest absolute Gasteiger partial charge is 0.354 e. The Bertz CT molecular complexity index is 927. The molecule has 0 bridgehead atoms. The second-order valence-corrected chi connectivity index (χ2v) is 10.6. The fraction of sp³-hybridized carbons (Fsp3) is 0.400. The summed E-state index contributed by atoms with van der Waals surface area (Å²) in [5.74, 6) is 0.434.